The number of nitrogens with two attached hydrogens (primary N) is 1. The van der Waals surface area contributed by atoms with Crippen molar-refractivity contribution in [1.29, 1.82) is 0 Å². The van der Waals surface area contributed by atoms with Crippen molar-refractivity contribution in [3.8, 4) is 28.8 Å². The van der Waals surface area contributed by atoms with Gasteiger partial charge in [-0.25, -0.2) is 12.7 Å². The largest absolute Gasteiger partial charge is 0.494 e. The van der Waals surface area contributed by atoms with Gasteiger partial charge in [0.25, 0.3) is 0 Å². The van der Waals surface area contributed by atoms with Gasteiger partial charge in [0.1, 0.15) is 22.9 Å². The fourth-order valence-electron chi connectivity index (χ4n) is 3.15. The zero-order valence-corrected chi connectivity index (χ0v) is 21.6. The molecule has 0 bridgehead atoms. The van der Waals surface area contributed by atoms with Crippen molar-refractivity contribution in [3.63, 3.8) is 0 Å². The van der Waals surface area contributed by atoms with Gasteiger partial charge < -0.3 is 19.6 Å². The lowest BCUT2D eigenvalue weighted by molar-refractivity contribution is 0.391. The van der Waals surface area contributed by atoms with Crippen molar-refractivity contribution < 1.29 is 22.3 Å². The van der Waals surface area contributed by atoms with E-state index in [-0.39, 0.29) is 24.8 Å². The lowest BCUT2D eigenvalue weighted by atomic mass is 10.2. The molecule has 0 saturated heterocycles. The summed E-state index contributed by atoms with van der Waals surface area (Å²) >= 11 is 2.12. The van der Waals surface area contributed by atoms with Crippen LogP contribution in [0.25, 0.3) is 17.3 Å². The molecule has 2 N–H and O–H groups in total. The Morgan fingerprint density at radius 2 is 1.88 bits per heavy atom. The van der Waals surface area contributed by atoms with E-state index in [1.165, 1.54) is 27.5 Å². The number of hydrogen-bond donors (Lipinski definition) is 1. The molecule has 0 saturated carbocycles. The van der Waals surface area contributed by atoms with Crippen LogP contribution in [0.3, 0.4) is 0 Å². The number of rotatable bonds is 11. The predicted molar refractivity (Wildman–Crippen MR) is 134 cm³/mol. The number of ether oxygens (including phenoxy) is 2. The molecule has 174 valence electrons. The standard InChI is InChI=1S/C19H24IN5O5S2/c1-13-7-8-16(30-13)18-22-23-19(24(10-11-31-20)32(26,27)12-9-21)25(18)17-14(28-2)5-4-6-15(17)29-3/h4-8H,9-12,21H2,1-3H3. The second-order valence-corrected chi connectivity index (χ2v) is 11.1. The molecule has 0 spiro atoms. The van der Waals surface area contributed by atoms with Gasteiger partial charge in [-0.2, -0.15) is 0 Å². The third-order valence-electron chi connectivity index (χ3n) is 4.54. The van der Waals surface area contributed by atoms with Crippen LogP contribution >= 0.6 is 30.1 Å². The zero-order chi connectivity index (χ0) is 23.3. The maximum atomic E-state index is 13.1. The molecule has 2 aromatic heterocycles. The quantitative estimate of drug-likeness (QED) is 0.334. The van der Waals surface area contributed by atoms with Crippen LogP contribution in [0.2, 0.25) is 0 Å². The molecule has 0 amide bonds. The average molecular weight is 593 g/mol. The zero-order valence-electron chi connectivity index (χ0n) is 17.8. The Morgan fingerprint density at radius 1 is 1.19 bits per heavy atom. The van der Waals surface area contributed by atoms with Crippen LogP contribution in [-0.4, -0.2) is 62.0 Å². The Hall–Kier alpha value is -1.97. The first-order valence-electron chi connectivity index (χ1n) is 9.55. The third kappa shape index (κ3) is 5.00. The summed E-state index contributed by atoms with van der Waals surface area (Å²) in [4.78, 5) is 0. The molecule has 0 aliphatic heterocycles. The van der Waals surface area contributed by atoms with Crippen molar-refractivity contribution in [2.45, 2.75) is 6.92 Å². The topological polar surface area (TPSA) is 126 Å². The predicted octanol–water partition coefficient (Wildman–Crippen LogP) is 3.03. The van der Waals surface area contributed by atoms with E-state index < -0.39 is 10.0 Å². The first-order chi connectivity index (χ1) is 15.4. The minimum Gasteiger partial charge on any atom is -0.494 e. The van der Waals surface area contributed by atoms with Crippen molar-refractivity contribution in [1.82, 2.24) is 14.8 Å². The van der Waals surface area contributed by atoms with Gasteiger partial charge in [0.05, 0.1) is 20.0 Å². The number of aryl methyl sites for hydroxylation is 1. The summed E-state index contributed by atoms with van der Waals surface area (Å²) in [6.07, 6.45) is 0. The van der Waals surface area contributed by atoms with E-state index in [0.717, 1.165) is 0 Å². The maximum Gasteiger partial charge on any atom is 0.246 e. The lowest BCUT2D eigenvalue weighted by Gasteiger charge is -2.24. The minimum absolute atomic E-state index is 0.0213. The molecule has 10 nitrogen and oxygen atoms in total. The number of hydrogen-bond acceptors (Lipinski definition) is 9. The highest BCUT2D eigenvalue weighted by Crippen LogP contribution is 2.39. The normalized spacial score (nSPS) is 11.5. The number of benzene rings is 1. The van der Waals surface area contributed by atoms with Crippen LogP contribution < -0.4 is 19.5 Å². The van der Waals surface area contributed by atoms with E-state index in [2.05, 4.69) is 31.4 Å². The number of furan rings is 1. The van der Waals surface area contributed by atoms with Crippen molar-refractivity contribution in [2.24, 2.45) is 5.73 Å². The minimum atomic E-state index is -3.77. The van der Waals surface area contributed by atoms with Crippen LogP contribution in [0.5, 0.6) is 11.5 Å². The Labute approximate surface area is 203 Å². The molecule has 2 heterocycles. The van der Waals surface area contributed by atoms with Crippen molar-refractivity contribution in [2.75, 3.05) is 43.1 Å². The number of sulfonamides is 1. The lowest BCUT2D eigenvalue weighted by Crippen LogP contribution is -2.38. The summed E-state index contributed by atoms with van der Waals surface area (Å²) in [5.41, 5.74) is 6.04. The summed E-state index contributed by atoms with van der Waals surface area (Å²) in [5, 5.41) is 8.56. The molecular formula is C19H24IN5O5S2. The molecular weight excluding hydrogens is 569 g/mol. The molecule has 0 aliphatic carbocycles. The summed E-state index contributed by atoms with van der Waals surface area (Å²) in [7, 11) is 0.760. The fraction of sp³-hybridized carbons (Fsp3) is 0.368. The van der Waals surface area contributed by atoms with E-state index in [1.807, 2.05) is 6.92 Å². The molecule has 0 aliphatic rings. The molecule has 3 rings (SSSR count). The summed E-state index contributed by atoms with van der Waals surface area (Å²) in [6, 6.07) is 8.82. The Morgan fingerprint density at radius 3 is 2.41 bits per heavy atom. The first kappa shape index (κ1) is 24.7. The van der Waals surface area contributed by atoms with E-state index in [1.54, 1.807) is 34.9 Å². The number of methoxy groups -OCH3 is 2. The number of para-hydroxylation sites is 1. The van der Waals surface area contributed by atoms with Crippen molar-refractivity contribution in [3.05, 3.63) is 36.1 Å². The highest BCUT2D eigenvalue weighted by Gasteiger charge is 2.32. The van der Waals surface area contributed by atoms with Crippen LogP contribution in [0.15, 0.2) is 34.7 Å². The van der Waals surface area contributed by atoms with Crippen LogP contribution in [0.4, 0.5) is 5.95 Å². The maximum absolute atomic E-state index is 13.1. The number of halogens is 1. The fourth-order valence-corrected chi connectivity index (χ4v) is 5.36. The van der Waals surface area contributed by atoms with E-state index >= 15 is 0 Å². The van der Waals surface area contributed by atoms with Crippen LogP contribution in [0, 0.1) is 6.92 Å². The monoisotopic (exact) mass is 593 g/mol. The van der Waals surface area contributed by atoms with Crippen molar-refractivity contribution >= 4 is 46.1 Å². The van der Waals surface area contributed by atoms with Gasteiger partial charge in [-0.1, -0.05) is 15.0 Å². The van der Waals surface area contributed by atoms with E-state index in [0.29, 0.717) is 40.3 Å². The van der Waals surface area contributed by atoms with Crippen LogP contribution in [0.1, 0.15) is 5.76 Å². The second-order valence-electron chi connectivity index (χ2n) is 6.57. The van der Waals surface area contributed by atoms with Gasteiger partial charge in [0.15, 0.2) is 5.76 Å². The Balaban J connectivity index is 2.35. The SMILES string of the molecule is COc1cccc(OC)c1-n1c(-c2ccc(C)o2)nnc1N(CCSI)S(=O)(=O)CCN. The summed E-state index contributed by atoms with van der Waals surface area (Å²) in [6.45, 7) is 1.97. The number of nitrogens with zero attached hydrogens (tertiary/aromatic N) is 4. The van der Waals surface area contributed by atoms with Gasteiger partial charge in [0.2, 0.25) is 21.8 Å². The van der Waals surface area contributed by atoms with E-state index in [4.69, 9.17) is 19.6 Å². The number of aromatic nitrogens is 3. The smallest absolute Gasteiger partial charge is 0.246 e. The molecule has 0 atom stereocenters. The Bertz CT molecular complexity index is 1140. The summed E-state index contributed by atoms with van der Waals surface area (Å²) in [5.74, 6) is 2.72. The first-order valence-corrected chi connectivity index (χ1v) is 14.7. The third-order valence-corrected chi connectivity index (χ3v) is 7.97. The van der Waals surface area contributed by atoms with E-state index in [9.17, 15) is 8.42 Å². The average Bonchev–Trinajstić information content (AvgIpc) is 3.39. The second kappa shape index (κ2) is 10.8. The highest BCUT2D eigenvalue weighted by atomic mass is 127. The van der Waals surface area contributed by atoms with Gasteiger partial charge >= 0.3 is 0 Å². The van der Waals surface area contributed by atoms with Gasteiger partial charge in [-0.15, -0.1) is 10.2 Å². The molecule has 1 aromatic carbocycles. The molecule has 0 unspecified atom stereocenters. The molecule has 0 radical (unpaired) electrons. The Kier molecular flexibility index (Phi) is 8.30. The molecule has 32 heavy (non-hydrogen) atoms. The molecule has 0 fully saturated rings. The van der Waals surface area contributed by atoms with Gasteiger partial charge in [0, 0.05) is 18.8 Å². The van der Waals surface area contributed by atoms with Gasteiger partial charge in [-0.05, 0) is 52.4 Å². The summed E-state index contributed by atoms with van der Waals surface area (Å²) < 4.78 is 46.0. The van der Waals surface area contributed by atoms with Crippen LogP contribution in [-0.2, 0) is 10.0 Å². The van der Waals surface area contributed by atoms with Gasteiger partial charge in [-0.3, -0.25) is 4.57 Å². The number of anilines is 1. The molecule has 3 aromatic rings. The molecule has 13 heteroatoms. The highest BCUT2D eigenvalue weighted by molar-refractivity contribution is 14.2.